The van der Waals surface area contributed by atoms with E-state index in [2.05, 4.69) is 19.2 Å². The number of methoxy groups -OCH3 is 1. The van der Waals surface area contributed by atoms with E-state index in [1.165, 1.54) is 19.3 Å². The third-order valence-electron chi connectivity index (χ3n) is 3.02. The fourth-order valence-electron chi connectivity index (χ4n) is 1.73. The monoisotopic (exact) mass is 215 g/mol. The van der Waals surface area contributed by atoms with Crippen LogP contribution in [0.5, 0.6) is 0 Å². The van der Waals surface area contributed by atoms with Gasteiger partial charge in [0.25, 0.3) is 0 Å². The van der Waals surface area contributed by atoms with E-state index < -0.39 is 0 Å². The number of ether oxygens (including phenoxy) is 2. The van der Waals surface area contributed by atoms with Crippen LogP contribution >= 0.6 is 0 Å². The molecule has 1 rings (SSSR count). The number of nitrogens with one attached hydrogen (secondary N) is 1. The van der Waals surface area contributed by atoms with E-state index in [1.54, 1.807) is 7.11 Å². The molecule has 0 saturated heterocycles. The fraction of sp³-hybridized carbons (Fsp3) is 1.00. The van der Waals surface area contributed by atoms with Crippen molar-refractivity contribution in [2.24, 2.45) is 5.41 Å². The molecule has 3 nitrogen and oxygen atoms in total. The highest BCUT2D eigenvalue weighted by Crippen LogP contribution is 2.48. The summed E-state index contributed by atoms with van der Waals surface area (Å²) in [5.74, 6) is 0. The van der Waals surface area contributed by atoms with Crippen LogP contribution in [0.4, 0.5) is 0 Å². The fourth-order valence-corrected chi connectivity index (χ4v) is 1.73. The van der Waals surface area contributed by atoms with Crippen molar-refractivity contribution in [1.29, 1.82) is 0 Å². The van der Waals surface area contributed by atoms with E-state index in [1.807, 2.05) is 0 Å². The van der Waals surface area contributed by atoms with Gasteiger partial charge in [-0.3, -0.25) is 0 Å². The minimum Gasteiger partial charge on any atom is -0.383 e. The summed E-state index contributed by atoms with van der Waals surface area (Å²) in [5, 5.41) is 3.45. The topological polar surface area (TPSA) is 30.5 Å². The van der Waals surface area contributed by atoms with Gasteiger partial charge in [-0.15, -0.1) is 0 Å². The van der Waals surface area contributed by atoms with E-state index in [9.17, 15) is 0 Å². The van der Waals surface area contributed by atoms with Gasteiger partial charge in [-0.05, 0) is 38.5 Å². The van der Waals surface area contributed by atoms with Crippen LogP contribution in [0.25, 0.3) is 0 Å². The number of rotatable bonds is 9. The van der Waals surface area contributed by atoms with Crippen LogP contribution < -0.4 is 5.32 Å². The first-order chi connectivity index (χ1) is 7.18. The summed E-state index contributed by atoms with van der Waals surface area (Å²) in [6.45, 7) is 7.98. The van der Waals surface area contributed by atoms with Crippen LogP contribution in [0, 0.1) is 5.41 Å². The maximum atomic E-state index is 5.59. The standard InChI is InChI=1S/C12H25NO2/c1-11(2)15-8-6-12(4-5-12)10-13-7-9-14-3/h11,13H,4-10H2,1-3H3. The molecule has 0 bridgehead atoms. The molecule has 0 unspecified atom stereocenters. The molecular weight excluding hydrogens is 190 g/mol. The first-order valence-electron chi connectivity index (χ1n) is 6.00. The van der Waals surface area contributed by atoms with Crippen molar-refractivity contribution in [1.82, 2.24) is 5.32 Å². The average Bonchev–Trinajstić information content (AvgIpc) is 2.93. The van der Waals surface area contributed by atoms with Gasteiger partial charge >= 0.3 is 0 Å². The Labute approximate surface area is 93.5 Å². The summed E-state index contributed by atoms with van der Waals surface area (Å²) >= 11 is 0. The van der Waals surface area contributed by atoms with Gasteiger partial charge in [0.15, 0.2) is 0 Å². The van der Waals surface area contributed by atoms with E-state index in [0.717, 1.165) is 26.3 Å². The Balaban J connectivity index is 2.01. The van der Waals surface area contributed by atoms with Crippen molar-refractivity contribution >= 4 is 0 Å². The van der Waals surface area contributed by atoms with Crippen molar-refractivity contribution in [3.63, 3.8) is 0 Å². The minimum atomic E-state index is 0.363. The summed E-state index contributed by atoms with van der Waals surface area (Å²) in [5.41, 5.74) is 0.544. The highest BCUT2D eigenvalue weighted by molar-refractivity contribution is 4.94. The highest BCUT2D eigenvalue weighted by Gasteiger charge is 2.41. The van der Waals surface area contributed by atoms with Gasteiger partial charge in [-0.25, -0.2) is 0 Å². The Morgan fingerprint density at radius 3 is 2.53 bits per heavy atom. The van der Waals surface area contributed by atoms with Gasteiger partial charge in [-0.1, -0.05) is 0 Å². The summed E-state index contributed by atoms with van der Waals surface area (Å²) in [7, 11) is 1.74. The maximum Gasteiger partial charge on any atom is 0.0587 e. The molecule has 0 heterocycles. The molecule has 0 aromatic carbocycles. The molecule has 1 aliphatic carbocycles. The Kier molecular flexibility index (Phi) is 5.58. The lowest BCUT2D eigenvalue weighted by Gasteiger charge is -2.16. The van der Waals surface area contributed by atoms with Gasteiger partial charge in [0.05, 0.1) is 12.7 Å². The molecule has 0 amide bonds. The molecule has 1 saturated carbocycles. The molecule has 0 aliphatic heterocycles. The Morgan fingerprint density at radius 2 is 2.00 bits per heavy atom. The maximum absolute atomic E-state index is 5.59. The van der Waals surface area contributed by atoms with Crippen LogP contribution in [0.1, 0.15) is 33.1 Å². The summed E-state index contributed by atoms with van der Waals surface area (Å²) in [6, 6.07) is 0. The second-order valence-electron chi connectivity index (χ2n) is 4.84. The second kappa shape index (κ2) is 6.46. The average molecular weight is 215 g/mol. The Morgan fingerprint density at radius 1 is 1.27 bits per heavy atom. The quantitative estimate of drug-likeness (QED) is 0.595. The first kappa shape index (κ1) is 12.9. The molecule has 3 heteroatoms. The van der Waals surface area contributed by atoms with E-state index in [4.69, 9.17) is 9.47 Å². The molecule has 1 aliphatic rings. The van der Waals surface area contributed by atoms with E-state index in [0.29, 0.717) is 11.5 Å². The number of hydrogen-bond donors (Lipinski definition) is 1. The molecule has 1 fully saturated rings. The zero-order valence-electron chi connectivity index (χ0n) is 10.3. The van der Waals surface area contributed by atoms with Crippen molar-refractivity contribution in [2.75, 3.05) is 33.4 Å². The predicted molar refractivity (Wildman–Crippen MR) is 62.1 cm³/mol. The minimum absolute atomic E-state index is 0.363. The van der Waals surface area contributed by atoms with Crippen molar-refractivity contribution in [2.45, 2.75) is 39.2 Å². The van der Waals surface area contributed by atoms with Crippen molar-refractivity contribution in [3.05, 3.63) is 0 Å². The van der Waals surface area contributed by atoms with Gasteiger partial charge in [-0.2, -0.15) is 0 Å². The summed E-state index contributed by atoms with van der Waals surface area (Å²) in [4.78, 5) is 0. The third kappa shape index (κ3) is 5.50. The van der Waals surface area contributed by atoms with Crippen molar-refractivity contribution < 1.29 is 9.47 Å². The molecular formula is C12H25NO2. The third-order valence-corrected chi connectivity index (χ3v) is 3.02. The largest absolute Gasteiger partial charge is 0.383 e. The van der Waals surface area contributed by atoms with Crippen LogP contribution in [-0.4, -0.2) is 39.5 Å². The molecule has 1 N–H and O–H groups in total. The smallest absolute Gasteiger partial charge is 0.0587 e. The SMILES string of the molecule is COCCNCC1(CCOC(C)C)CC1. The van der Waals surface area contributed by atoms with Gasteiger partial charge < -0.3 is 14.8 Å². The summed E-state index contributed by atoms with van der Waals surface area (Å²) in [6.07, 6.45) is 4.27. The molecule has 0 aromatic rings. The zero-order chi connectivity index (χ0) is 11.1. The molecule has 90 valence electrons. The highest BCUT2D eigenvalue weighted by atomic mass is 16.5. The Bertz CT molecular complexity index is 167. The molecule has 15 heavy (non-hydrogen) atoms. The molecule has 0 atom stereocenters. The van der Waals surface area contributed by atoms with Gasteiger partial charge in [0.2, 0.25) is 0 Å². The predicted octanol–water partition coefficient (Wildman–Crippen LogP) is 1.82. The molecule has 0 spiro atoms. The first-order valence-corrected chi connectivity index (χ1v) is 6.00. The summed E-state index contributed by atoms with van der Waals surface area (Å²) < 4.78 is 10.6. The lowest BCUT2D eigenvalue weighted by atomic mass is 10.0. The van der Waals surface area contributed by atoms with Crippen LogP contribution in [0.15, 0.2) is 0 Å². The zero-order valence-corrected chi connectivity index (χ0v) is 10.3. The van der Waals surface area contributed by atoms with E-state index in [-0.39, 0.29) is 0 Å². The lowest BCUT2D eigenvalue weighted by molar-refractivity contribution is 0.0656. The lowest BCUT2D eigenvalue weighted by Crippen LogP contribution is -2.28. The van der Waals surface area contributed by atoms with Gasteiger partial charge in [0, 0.05) is 26.8 Å². The van der Waals surface area contributed by atoms with Crippen LogP contribution in [0.2, 0.25) is 0 Å². The van der Waals surface area contributed by atoms with Gasteiger partial charge in [0.1, 0.15) is 0 Å². The normalized spacial score (nSPS) is 18.4. The molecule has 0 radical (unpaired) electrons. The van der Waals surface area contributed by atoms with Crippen LogP contribution in [-0.2, 0) is 9.47 Å². The molecule has 0 aromatic heterocycles. The van der Waals surface area contributed by atoms with Crippen LogP contribution in [0.3, 0.4) is 0 Å². The van der Waals surface area contributed by atoms with Crippen molar-refractivity contribution in [3.8, 4) is 0 Å². The number of hydrogen-bond acceptors (Lipinski definition) is 3. The Hall–Kier alpha value is -0.120. The second-order valence-corrected chi connectivity index (χ2v) is 4.84. The van der Waals surface area contributed by atoms with E-state index >= 15 is 0 Å².